The first-order valence-corrected chi connectivity index (χ1v) is 8.60. The van der Waals surface area contributed by atoms with E-state index in [-0.39, 0.29) is 0 Å². The van der Waals surface area contributed by atoms with Crippen molar-refractivity contribution in [2.75, 3.05) is 30.8 Å². The maximum absolute atomic E-state index is 4.87. The molecule has 2 rings (SSSR count). The highest BCUT2D eigenvalue weighted by Gasteiger charge is 2.21. The summed E-state index contributed by atoms with van der Waals surface area (Å²) in [6, 6.07) is 0. The van der Waals surface area contributed by atoms with E-state index in [0.29, 0.717) is 0 Å². The van der Waals surface area contributed by atoms with Crippen molar-refractivity contribution in [1.82, 2.24) is 10.3 Å². The van der Waals surface area contributed by atoms with Crippen molar-refractivity contribution >= 4 is 28.2 Å². The molecule has 0 bridgehead atoms. The van der Waals surface area contributed by atoms with Gasteiger partial charge in [0.15, 0.2) is 5.13 Å². The van der Waals surface area contributed by atoms with Gasteiger partial charge in [0.05, 0.1) is 5.69 Å². The van der Waals surface area contributed by atoms with Gasteiger partial charge < -0.3 is 10.2 Å². The molecule has 1 aromatic heterocycles. The minimum Gasteiger partial charge on any atom is -0.346 e. The average Bonchev–Trinajstić information content (AvgIpc) is 2.74. The maximum atomic E-state index is 4.87. The SMILES string of the molecule is CCCc1nc(N2CCSC(C)C2)sc1CNC. The zero-order valence-electron chi connectivity index (χ0n) is 11.5. The molecule has 0 aromatic carbocycles. The van der Waals surface area contributed by atoms with Crippen molar-refractivity contribution in [3.8, 4) is 0 Å². The molecule has 1 aromatic rings. The van der Waals surface area contributed by atoms with Crippen LogP contribution in [0.25, 0.3) is 0 Å². The van der Waals surface area contributed by atoms with Crippen LogP contribution in [0.15, 0.2) is 0 Å². The van der Waals surface area contributed by atoms with E-state index in [1.807, 2.05) is 18.4 Å². The Labute approximate surface area is 118 Å². The van der Waals surface area contributed by atoms with E-state index in [1.165, 1.54) is 27.9 Å². The van der Waals surface area contributed by atoms with Crippen molar-refractivity contribution in [1.29, 1.82) is 0 Å². The molecule has 1 saturated heterocycles. The van der Waals surface area contributed by atoms with Crippen LogP contribution in [-0.4, -0.2) is 36.1 Å². The summed E-state index contributed by atoms with van der Waals surface area (Å²) in [5, 5.41) is 5.21. The number of hydrogen-bond acceptors (Lipinski definition) is 5. The molecule has 0 spiro atoms. The molecule has 1 aliphatic heterocycles. The first-order chi connectivity index (χ1) is 8.74. The van der Waals surface area contributed by atoms with Gasteiger partial charge >= 0.3 is 0 Å². The molecule has 3 nitrogen and oxygen atoms in total. The topological polar surface area (TPSA) is 28.2 Å². The highest BCUT2D eigenvalue weighted by atomic mass is 32.2. The molecule has 18 heavy (non-hydrogen) atoms. The Hall–Kier alpha value is -0.260. The van der Waals surface area contributed by atoms with Crippen molar-refractivity contribution in [2.45, 2.75) is 38.5 Å². The summed E-state index contributed by atoms with van der Waals surface area (Å²) >= 11 is 3.95. The zero-order chi connectivity index (χ0) is 13.0. The Morgan fingerprint density at radius 3 is 3.00 bits per heavy atom. The van der Waals surface area contributed by atoms with Crippen LogP contribution in [0.1, 0.15) is 30.8 Å². The molecule has 0 aliphatic carbocycles. The lowest BCUT2D eigenvalue weighted by atomic mass is 10.2. The van der Waals surface area contributed by atoms with Gasteiger partial charge in [-0.2, -0.15) is 11.8 Å². The second kappa shape index (κ2) is 6.78. The van der Waals surface area contributed by atoms with Crippen LogP contribution >= 0.6 is 23.1 Å². The van der Waals surface area contributed by atoms with Gasteiger partial charge in [0.25, 0.3) is 0 Å². The second-order valence-electron chi connectivity index (χ2n) is 4.77. The average molecular weight is 285 g/mol. The normalized spacial score (nSPS) is 20.4. The Bertz CT molecular complexity index is 355. The van der Waals surface area contributed by atoms with Crippen molar-refractivity contribution < 1.29 is 0 Å². The number of aryl methyl sites for hydroxylation is 1. The molecular formula is C13H23N3S2. The van der Waals surface area contributed by atoms with Crippen LogP contribution in [0.4, 0.5) is 5.13 Å². The van der Waals surface area contributed by atoms with E-state index < -0.39 is 0 Å². The molecule has 1 N–H and O–H groups in total. The molecule has 5 heteroatoms. The third-order valence-corrected chi connectivity index (χ3v) is 5.40. The van der Waals surface area contributed by atoms with E-state index in [0.717, 1.165) is 31.3 Å². The number of aromatic nitrogens is 1. The predicted molar refractivity (Wildman–Crippen MR) is 83.0 cm³/mol. The van der Waals surface area contributed by atoms with Crippen LogP contribution in [0, 0.1) is 0 Å². The van der Waals surface area contributed by atoms with Gasteiger partial charge in [0, 0.05) is 35.5 Å². The van der Waals surface area contributed by atoms with Crippen molar-refractivity contribution in [3.05, 3.63) is 10.6 Å². The molecule has 1 aliphatic rings. The lowest BCUT2D eigenvalue weighted by molar-refractivity contribution is 0.769. The third kappa shape index (κ3) is 3.39. The van der Waals surface area contributed by atoms with Crippen LogP contribution in [0.3, 0.4) is 0 Å². The van der Waals surface area contributed by atoms with E-state index in [2.05, 4.69) is 35.8 Å². The zero-order valence-corrected chi connectivity index (χ0v) is 13.2. The quantitative estimate of drug-likeness (QED) is 0.900. The number of nitrogens with one attached hydrogen (secondary N) is 1. The van der Waals surface area contributed by atoms with Crippen LogP contribution in [0.5, 0.6) is 0 Å². The first kappa shape index (κ1) is 14.2. The minimum atomic E-state index is 0.727. The Balaban J connectivity index is 2.14. The fourth-order valence-corrected chi connectivity index (χ4v) is 4.39. The standard InChI is InChI=1S/C13H23N3S2/c1-4-5-11-12(8-14-3)18-13(15-11)16-6-7-17-10(2)9-16/h10,14H,4-9H2,1-3H3. The molecule has 2 heterocycles. The van der Waals surface area contributed by atoms with Crippen LogP contribution in [-0.2, 0) is 13.0 Å². The number of thiazole rings is 1. The highest BCUT2D eigenvalue weighted by molar-refractivity contribution is 8.00. The molecule has 0 radical (unpaired) electrons. The van der Waals surface area contributed by atoms with E-state index >= 15 is 0 Å². The maximum Gasteiger partial charge on any atom is 0.185 e. The Kier molecular flexibility index (Phi) is 5.33. The molecule has 0 saturated carbocycles. The molecule has 1 unspecified atom stereocenters. The summed E-state index contributed by atoms with van der Waals surface area (Å²) in [4.78, 5) is 8.75. The fraction of sp³-hybridized carbons (Fsp3) is 0.769. The summed E-state index contributed by atoms with van der Waals surface area (Å²) in [5.41, 5.74) is 1.30. The predicted octanol–water partition coefficient (Wildman–Crippen LogP) is 2.76. The van der Waals surface area contributed by atoms with Gasteiger partial charge in [0.2, 0.25) is 0 Å². The second-order valence-corrected chi connectivity index (χ2v) is 7.38. The fourth-order valence-electron chi connectivity index (χ4n) is 2.23. The molecule has 1 atom stereocenters. The van der Waals surface area contributed by atoms with E-state index in [1.54, 1.807) is 0 Å². The van der Waals surface area contributed by atoms with Gasteiger partial charge in [0.1, 0.15) is 0 Å². The van der Waals surface area contributed by atoms with Crippen molar-refractivity contribution in [2.24, 2.45) is 0 Å². The van der Waals surface area contributed by atoms with Gasteiger partial charge in [-0.15, -0.1) is 11.3 Å². The smallest absolute Gasteiger partial charge is 0.185 e. The molecule has 102 valence electrons. The molecule has 1 fully saturated rings. The summed E-state index contributed by atoms with van der Waals surface area (Å²) in [6.45, 7) is 7.77. The van der Waals surface area contributed by atoms with E-state index in [9.17, 15) is 0 Å². The lowest BCUT2D eigenvalue weighted by Gasteiger charge is -2.30. The number of rotatable bonds is 5. The third-order valence-electron chi connectivity index (χ3n) is 3.10. The van der Waals surface area contributed by atoms with Crippen LogP contribution < -0.4 is 10.2 Å². The Morgan fingerprint density at radius 2 is 2.33 bits per heavy atom. The largest absolute Gasteiger partial charge is 0.346 e. The minimum absolute atomic E-state index is 0.727. The van der Waals surface area contributed by atoms with Crippen LogP contribution in [0.2, 0.25) is 0 Å². The van der Waals surface area contributed by atoms with Crippen molar-refractivity contribution in [3.63, 3.8) is 0 Å². The Morgan fingerprint density at radius 1 is 1.50 bits per heavy atom. The van der Waals surface area contributed by atoms with Gasteiger partial charge in [-0.3, -0.25) is 0 Å². The van der Waals surface area contributed by atoms with Gasteiger partial charge in [-0.1, -0.05) is 20.3 Å². The molecule has 0 amide bonds. The number of hydrogen-bond donors (Lipinski definition) is 1. The number of anilines is 1. The summed E-state index contributed by atoms with van der Waals surface area (Å²) in [7, 11) is 2.01. The monoisotopic (exact) mass is 285 g/mol. The van der Waals surface area contributed by atoms with Gasteiger partial charge in [-0.25, -0.2) is 4.98 Å². The first-order valence-electron chi connectivity index (χ1n) is 6.74. The summed E-state index contributed by atoms with van der Waals surface area (Å²) in [6.07, 6.45) is 2.28. The van der Waals surface area contributed by atoms with Gasteiger partial charge in [-0.05, 0) is 13.5 Å². The summed E-state index contributed by atoms with van der Waals surface area (Å²) in [5.74, 6) is 1.23. The number of thioether (sulfide) groups is 1. The number of nitrogens with zero attached hydrogens (tertiary/aromatic N) is 2. The molecular weight excluding hydrogens is 262 g/mol. The highest BCUT2D eigenvalue weighted by Crippen LogP contribution is 2.30. The van der Waals surface area contributed by atoms with E-state index in [4.69, 9.17) is 4.98 Å². The summed E-state index contributed by atoms with van der Waals surface area (Å²) < 4.78 is 0. The lowest BCUT2D eigenvalue weighted by Crippen LogP contribution is -2.36.